The monoisotopic (exact) mass is 287 g/mol. The van der Waals surface area contributed by atoms with Crippen molar-refractivity contribution >= 4 is 0 Å². The van der Waals surface area contributed by atoms with E-state index >= 15 is 0 Å². The van der Waals surface area contributed by atoms with Crippen molar-refractivity contribution in [2.75, 3.05) is 33.7 Å². The molecule has 114 valence electrons. The third kappa shape index (κ3) is 4.82. The fraction of sp³-hybridized carbons (Fsp3) is 0.588. The van der Waals surface area contributed by atoms with Crippen molar-refractivity contribution in [1.82, 2.24) is 9.80 Å². The quantitative estimate of drug-likeness (QED) is 0.918. The number of aliphatic hydroxyl groups is 1. The SMILES string of the molecule is CN(C)CC1(O)CCCN(Cc2cccc(C#N)c2)CC1. The predicted octanol–water partition coefficient (Wildman–Crippen LogP) is 1.84. The number of nitriles is 1. The number of likely N-dealkylation sites (tertiary alicyclic amines) is 1. The standard InChI is InChI=1S/C17H25N3O/c1-19(2)14-17(21)7-4-9-20(10-8-17)13-16-6-3-5-15(11-16)12-18/h3,5-6,11,21H,4,7-10,13-14H2,1-2H3. The van der Waals surface area contributed by atoms with Gasteiger partial charge in [-0.05, 0) is 57.6 Å². The van der Waals surface area contributed by atoms with Crippen LogP contribution >= 0.6 is 0 Å². The van der Waals surface area contributed by atoms with E-state index in [2.05, 4.69) is 21.9 Å². The lowest BCUT2D eigenvalue weighted by atomic mass is 9.94. The van der Waals surface area contributed by atoms with Crippen molar-refractivity contribution in [2.24, 2.45) is 0 Å². The first-order valence-electron chi connectivity index (χ1n) is 7.59. The maximum atomic E-state index is 10.7. The van der Waals surface area contributed by atoms with Crippen molar-refractivity contribution in [3.8, 4) is 6.07 Å². The highest BCUT2D eigenvalue weighted by Crippen LogP contribution is 2.24. The highest BCUT2D eigenvalue weighted by molar-refractivity contribution is 5.32. The van der Waals surface area contributed by atoms with E-state index in [9.17, 15) is 5.11 Å². The van der Waals surface area contributed by atoms with Gasteiger partial charge in [0.15, 0.2) is 0 Å². The maximum absolute atomic E-state index is 10.7. The summed E-state index contributed by atoms with van der Waals surface area (Å²) >= 11 is 0. The van der Waals surface area contributed by atoms with Gasteiger partial charge >= 0.3 is 0 Å². The molecule has 1 aliphatic rings. The summed E-state index contributed by atoms with van der Waals surface area (Å²) in [5.74, 6) is 0. The molecule has 2 rings (SSSR count). The van der Waals surface area contributed by atoms with Gasteiger partial charge in [0.2, 0.25) is 0 Å². The third-order valence-electron chi connectivity index (χ3n) is 4.08. The average molecular weight is 287 g/mol. The molecule has 1 aliphatic heterocycles. The van der Waals surface area contributed by atoms with Gasteiger partial charge in [-0.15, -0.1) is 0 Å². The van der Waals surface area contributed by atoms with E-state index in [-0.39, 0.29) is 0 Å². The second-order valence-electron chi connectivity index (χ2n) is 6.40. The van der Waals surface area contributed by atoms with Crippen LogP contribution in [0.25, 0.3) is 0 Å². The zero-order valence-corrected chi connectivity index (χ0v) is 13.0. The molecule has 1 fully saturated rings. The van der Waals surface area contributed by atoms with Gasteiger partial charge in [-0.1, -0.05) is 12.1 Å². The van der Waals surface area contributed by atoms with Crippen LogP contribution < -0.4 is 0 Å². The lowest BCUT2D eigenvalue weighted by molar-refractivity contribution is 0.00258. The van der Waals surface area contributed by atoms with E-state index in [1.165, 1.54) is 5.56 Å². The summed E-state index contributed by atoms with van der Waals surface area (Å²) in [5.41, 5.74) is 1.32. The summed E-state index contributed by atoms with van der Waals surface area (Å²) in [6, 6.07) is 9.98. The summed E-state index contributed by atoms with van der Waals surface area (Å²) in [6.07, 6.45) is 2.69. The van der Waals surface area contributed by atoms with Gasteiger partial charge in [-0.3, -0.25) is 4.90 Å². The van der Waals surface area contributed by atoms with E-state index < -0.39 is 5.60 Å². The second kappa shape index (κ2) is 7.04. The highest BCUT2D eigenvalue weighted by Gasteiger charge is 2.30. The van der Waals surface area contributed by atoms with E-state index in [1.807, 2.05) is 32.3 Å². The van der Waals surface area contributed by atoms with E-state index in [0.717, 1.165) is 45.4 Å². The molecule has 0 radical (unpaired) electrons. The largest absolute Gasteiger partial charge is 0.389 e. The van der Waals surface area contributed by atoms with E-state index in [1.54, 1.807) is 0 Å². The third-order valence-corrected chi connectivity index (χ3v) is 4.08. The molecular formula is C17H25N3O. The number of benzene rings is 1. The Balaban J connectivity index is 1.95. The molecule has 0 aliphatic carbocycles. The summed E-state index contributed by atoms with van der Waals surface area (Å²) in [4.78, 5) is 4.44. The molecule has 0 saturated carbocycles. The van der Waals surface area contributed by atoms with Crippen LogP contribution in [0.5, 0.6) is 0 Å². The molecule has 0 spiro atoms. The molecule has 0 bridgehead atoms. The van der Waals surface area contributed by atoms with Crippen LogP contribution in [0.3, 0.4) is 0 Å². The molecule has 1 aromatic carbocycles. The first kappa shape index (κ1) is 16.0. The lowest BCUT2D eigenvalue weighted by Gasteiger charge is -2.30. The lowest BCUT2D eigenvalue weighted by Crippen LogP contribution is -2.40. The smallest absolute Gasteiger partial charge is 0.0991 e. The fourth-order valence-electron chi connectivity index (χ4n) is 3.14. The normalized spacial score (nSPS) is 23.8. The van der Waals surface area contributed by atoms with Crippen LogP contribution in [-0.4, -0.2) is 54.2 Å². The Hall–Kier alpha value is -1.41. The Morgan fingerprint density at radius 1 is 1.33 bits per heavy atom. The summed E-state index contributed by atoms with van der Waals surface area (Å²) in [6.45, 7) is 3.49. The molecule has 1 unspecified atom stereocenters. The Morgan fingerprint density at radius 3 is 2.86 bits per heavy atom. The summed E-state index contributed by atoms with van der Waals surface area (Å²) < 4.78 is 0. The van der Waals surface area contributed by atoms with Gasteiger partial charge in [-0.2, -0.15) is 5.26 Å². The zero-order chi connectivity index (χ0) is 15.3. The Bertz CT molecular complexity index is 509. The molecular weight excluding hydrogens is 262 g/mol. The molecule has 1 heterocycles. The number of likely N-dealkylation sites (N-methyl/N-ethyl adjacent to an activating group) is 1. The Labute approximate surface area is 127 Å². The fourth-order valence-corrected chi connectivity index (χ4v) is 3.14. The van der Waals surface area contributed by atoms with E-state index in [4.69, 9.17) is 5.26 Å². The molecule has 0 amide bonds. The molecule has 0 aromatic heterocycles. The number of hydrogen-bond acceptors (Lipinski definition) is 4. The molecule has 4 nitrogen and oxygen atoms in total. The van der Waals surface area contributed by atoms with E-state index in [0.29, 0.717) is 5.56 Å². The van der Waals surface area contributed by atoms with Gasteiger partial charge < -0.3 is 10.0 Å². The molecule has 4 heteroatoms. The van der Waals surface area contributed by atoms with Gasteiger partial charge in [0, 0.05) is 19.6 Å². The molecule has 1 saturated heterocycles. The van der Waals surface area contributed by atoms with Crippen LogP contribution in [0.4, 0.5) is 0 Å². The molecule has 1 N–H and O–H groups in total. The maximum Gasteiger partial charge on any atom is 0.0991 e. The summed E-state index contributed by atoms with van der Waals surface area (Å²) in [7, 11) is 4.02. The van der Waals surface area contributed by atoms with Crippen molar-refractivity contribution in [3.63, 3.8) is 0 Å². The van der Waals surface area contributed by atoms with Gasteiger partial charge in [0.1, 0.15) is 0 Å². The minimum Gasteiger partial charge on any atom is -0.389 e. The van der Waals surface area contributed by atoms with Gasteiger partial charge in [0.25, 0.3) is 0 Å². The molecule has 1 atom stereocenters. The topological polar surface area (TPSA) is 50.5 Å². The Morgan fingerprint density at radius 2 is 2.14 bits per heavy atom. The van der Waals surface area contributed by atoms with Crippen molar-refractivity contribution in [1.29, 1.82) is 5.26 Å². The minimum atomic E-state index is -0.563. The predicted molar refractivity (Wildman–Crippen MR) is 83.8 cm³/mol. The van der Waals surface area contributed by atoms with Crippen LogP contribution in [-0.2, 0) is 6.54 Å². The highest BCUT2D eigenvalue weighted by atomic mass is 16.3. The van der Waals surface area contributed by atoms with Crippen LogP contribution in [0.2, 0.25) is 0 Å². The van der Waals surface area contributed by atoms with Crippen molar-refractivity contribution in [2.45, 2.75) is 31.4 Å². The second-order valence-corrected chi connectivity index (χ2v) is 6.40. The van der Waals surface area contributed by atoms with Crippen LogP contribution in [0.15, 0.2) is 24.3 Å². The zero-order valence-electron chi connectivity index (χ0n) is 13.0. The van der Waals surface area contributed by atoms with Crippen molar-refractivity contribution < 1.29 is 5.11 Å². The first-order chi connectivity index (χ1) is 10.0. The number of rotatable bonds is 4. The van der Waals surface area contributed by atoms with Gasteiger partial charge in [-0.25, -0.2) is 0 Å². The first-order valence-corrected chi connectivity index (χ1v) is 7.59. The molecule has 21 heavy (non-hydrogen) atoms. The summed E-state index contributed by atoms with van der Waals surface area (Å²) in [5, 5.41) is 19.6. The number of nitrogens with zero attached hydrogens (tertiary/aromatic N) is 3. The minimum absolute atomic E-state index is 0.563. The average Bonchev–Trinajstić information content (AvgIpc) is 2.60. The van der Waals surface area contributed by atoms with Crippen LogP contribution in [0, 0.1) is 11.3 Å². The van der Waals surface area contributed by atoms with Gasteiger partial charge in [0.05, 0.1) is 17.2 Å². The molecule has 1 aromatic rings. The van der Waals surface area contributed by atoms with Crippen LogP contribution in [0.1, 0.15) is 30.4 Å². The number of hydrogen-bond donors (Lipinski definition) is 1. The Kier molecular flexibility index (Phi) is 5.35. The van der Waals surface area contributed by atoms with Crippen molar-refractivity contribution in [3.05, 3.63) is 35.4 Å².